The number of hydrogen-bond donors (Lipinski definition) is 0. The number of phosphoric ester groups is 1. The number of benzene rings is 1. The summed E-state index contributed by atoms with van der Waals surface area (Å²) in [4.78, 5) is 0. The minimum atomic E-state index is -3.69. The number of hydrogen-bond acceptors (Lipinski definition) is 5. The average molecular weight is 299 g/mol. The third-order valence-corrected chi connectivity index (χ3v) is 3.79. The number of oxime groups is 1. The first kappa shape index (κ1) is 16.9. The highest BCUT2D eigenvalue weighted by Gasteiger charge is 2.31. The van der Waals surface area contributed by atoms with Crippen LogP contribution in [-0.4, -0.2) is 17.9 Å². The van der Waals surface area contributed by atoms with Crippen molar-refractivity contribution in [3.05, 3.63) is 35.9 Å². The van der Waals surface area contributed by atoms with E-state index >= 15 is 0 Å². The summed E-state index contributed by atoms with van der Waals surface area (Å²) in [6, 6.07) is 9.47. The number of rotatable bonds is 7. The lowest BCUT2D eigenvalue weighted by molar-refractivity contribution is 0.0739. The van der Waals surface area contributed by atoms with Gasteiger partial charge in [0.25, 0.3) is 0 Å². The Morgan fingerprint density at radius 2 is 1.55 bits per heavy atom. The molecule has 5 nitrogen and oxygen atoms in total. The van der Waals surface area contributed by atoms with E-state index in [0.717, 1.165) is 5.56 Å². The van der Waals surface area contributed by atoms with Crippen molar-refractivity contribution in [2.45, 2.75) is 46.8 Å². The minimum absolute atomic E-state index is 0.285. The monoisotopic (exact) mass is 299 g/mol. The molecule has 0 N–H and O–H groups in total. The van der Waals surface area contributed by atoms with Gasteiger partial charge in [-0.25, -0.2) is 4.57 Å². The molecule has 0 amide bonds. The normalized spacial score (nSPS) is 13.1. The van der Waals surface area contributed by atoms with E-state index in [1.165, 1.54) is 0 Å². The SMILES string of the molecule is C/C(=N\OP(=O)(OC(C)C)OC(C)C)c1ccccc1. The van der Waals surface area contributed by atoms with Gasteiger partial charge < -0.3 is 0 Å². The van der Waals surface area contributed by atoms with Crippen LogP contribution in [0.2, 0.25) is 0 Å². The van der Waals surface area contributed by atoms with Crippen molar-refractivity contribution in [1.82, 2.24) is 0 Å². The standard InChI is InChI=1S/C14H22NO4P/c1-11(2)17-20(16,18-12(3)4)19-15-13(5)14-9-7-6-8-10-14/h6-12H,1-5H3/b15-13+. The zero-order valence-electron chi connectivity index (χ0n) is 12.6. The summed E-state index contributed by atoms with van der Waals surface area (Å²) in [5.74, 6) is 0. The van der Waals surface area contributed by atoms with Gasteiger partial charge in [0.2, 0.25) is 0 Å². The molecule has 0 aliphatic carbocycles. The van der Waals surface area contributed by atoms with Gasteiger partial charge in [-0.1, -0.05) is 35.5 Å². The molecule has 0 saturated heterocycles. The van der Waals surface area contributed by atoms with Crippen LogP contribution in [0.4, 0.5) is 0 Å². The third kappa shape index (κ3) is 5.87. The van der Waals surface area contributed by atoms with Gasteiger partial charge in [0.1, 0.15) is 0 Å². The Labute approximate surface area is 120 Å². The van der Waals surface area contributed by atoms with Crippen LogP contribution in [0.1, 0.15) is 40.2 Å². The molecule has 20 heavy (non-hydrogen) atoms. The first-order valence-corrected chi connectivity index (χ1v) is 8.04. The number of phosphoric acid groups is 1. The lowest BCUT2D eigenvalue weighted by Gasteiger charge is -2.19. The minimum Gasteiger partial charge on any atom is -0.292 e. The molecule has 0 aliphatic rings. The van der Waals surface area contributed by atoms with Gasteiger partial charge in [0.05, 0.1) is 17.9 Å². The topological polar surface area (TPSA) is 57.1 Å². The van der Waals surface area contributed by atoms with Crippen LogP contribution in [0.25, 0.3) is 0 Å². The summed E-state index contributed by atoms with van der Waals surface area (Å²) in [6.45, 7) is 8.80. The van der Waals surface area contributed by atoms with E-state index in [9.17, 15) is 4.57 Å². The third-order valence-electron chi connectivity index (χ3n) is 2.15. The van der Waals surface area contributed by atoms with E-state index in [4.69, 9.17) is 13.7 Å². The molecule has 0 saturated carbocycles. The summed E-state index contributed by atoms with van der Waals surface area (Å²) in [5, 5.41) is 3.88. The quantitative estimate of drug-likeness (QED) is 0.426. The second kappa shape index (κ2) is 7.58. The summed E-state index contributed by atoms with van der Waals surface area (Å²) >= 11 is 0. The maximum absolute atomic E-state index is 12.4. The van der Waals surface area contributed by atoms with Gasteiger partial charge in [-0.2, -0.15) is 0 Å². The van der Waals surface area contributed by atoms with Crippen LogP contribution in [0.15, 0.2) is 35.5 Å². The van der Waals surface area contributed by atoms with E-state index in [-0.39, 0.29) is 12.2 Å². The van der Waals surface area contributed by atoms with E-state index < -0.39 is 7.82 Å². The van der Waals surface area contributed by atoms with Crippen molar-refractivity contribution in [3.63, 3.8) is 0 Å². The van der Waals surface area contributed by atoms with Crippen molar-refractivity contribution in [1.29, 1.82) is 0 Å². The summed E-state index contributed by atoms with van der Waals surface area (Å²) in [6.07, 6.45) is -0.571. The maximum Gasteiger partial charge on any atom is 0.551 e. The highest BCUT2D eigenvalue weighted by molar-refractivity contribution is 7.48. The van der Waals surface area contributed by atoms with Crippen molar-refractivity contribution < 1.29 is 18.2 Å². The second-order valence-corrected chi connectivity index (χ2v) is 6.36. The van der Waals surface area contributed by atoms with Crippen LogP contribution in [0.3, 0.4) is 0 Å². The van der Waals surface area contributed by atoms with Crippen molar-refractivity contribution in [2.24, 2.45) is 5.16 Å². The van der Waals surface area contributed by atoms with Crippen LogP contribution >= 0.6 is 7.82 Å². The molecule has 0 bridgehead atoms. The summed E-state index contributed by atoms with van der Waals surface area (Å²) in [5.41, 5.74) is 1.48. The average Bonchev–Trinajstić information content (AvgIpc) is 2.35. The van der Waals surface area contributed by atoms with E-state index in [2.05, 4.69) is 5.16 Å². The zero-order chi connectivity index (χ0) is 15.2. The van der Waals surface area contributed by atoms with Crippen LogP contribution < -0.4 is 0 Å². The maximum atomic E-state index is 12.4. The molecule has 0 unspecified atom stereocenters. The Hall–Kier alpha value is -1.16. The molecule has 1 aromatic carbocycles. The molecule has 0 aliphatic heterocycles. The molecule has 0 spiro atoms. The molecular weight excluding hydrogens is 277 g/mol. The van der Waals surface area contributed by atoms with E-state index in [1.54, 1.807) is 34.6 Å². The fourth-order valence-corrected chi connectivity index (χ4v) is 2.80. The molecule has 1 aromatic rings. The largest absolute Gasteiger partial charge is 0.551 e. The Morgan fingerprint density at radius 3 is 2.00 bits per heavy atom. The van der Waals surface area contributed by atoms with E-state index in [0.29, 0.717) is 5.71 Å². The van der Waals surface area contributed by atoms with Gasteiger partial charge >= 0.3 is 7.82 Å². The predicted molar refractivity (Wildman–Crippen MR) is 79.8 cm³/mol. The highest BCUT2D eigenvalue weighted by Crippen LogP contribution is 2.51. The first-order chi connectivity index (χ1) is 9.32. The van der Waals surface area contributed by atoms with Gasteiger partial charge in [-0.3, -0.25) is 13.7 Å². The smallest absolute Gasteiger partial charge is 0.292 e. The highest BCUT2D eigenvalue weighted by atomic mass is 31.2. The molecule has 0 atom stereocenters. The van der Waals surface area contributed by atoms with Crippen LogP contribution in [0.5, 0.6) is 0 Å². The molecule has 112 valence electrons. The molecule has 0 heterocycles. The van der Waals surface area contributed by atoms with Crippen LogP contribution in [0, 0.1) is 0 Å². The fourth-order valence-electron chi connectivity index (χ4n) is 1.42. The second-order valence-electron chi connectivity index (χ2n) is 4.88. The van der Waals surface area contributed by atoms with Gasteiger partial charge in [-0.15, -0.1) is 0 Å². The van der Waals surface area contributed by atoms with E-state index in [1.807, 2.05) is 30.3 Å². The Bertz CT molecular complexity index is 471. The van der Waals surface area contributed by atoms with Crippen molar-refractivity contribution in [3.8, 4) is 0 Å². The summed E-state index contributed by atoms with van der Waals surface area (Å²) < 4.78 is 27.9. The Kier molecular flexibility index (Phi) is 6.40. The Morgan fingerprint density at radius 1 is 1.05 bits per heavy atom. The molecule has 1 rings (SSSR count). The predicted octanol–water partition coefficient (Wildman–Crippen LogP) is 4.39. The van der Waals surface area contributed by atoms with Gasteiger partial charge in [0, 0.05) is 0 Å². The van der Waals surface area contributed by atoms with Gasteiger partial charge in [-0.05, 0) is 40.2 Å². The first-order valence-electron chi connectivity index (χ1n) is 6.58. The van der Waals surface area contributed by atoms with Crippen molar-refractivity contribution in [2.75, 3.05) is 0 Å². The molecule has 0 fully saturated rings. The fraction of sp³-hybridized carbons (Fsp3) is 0.500. The van der Waals surface area contributed by atoms with Crippen molar-refractivity contribution >= 4 is 13.5 Å². The molecular formula is C14H22NO4P. The molecule has 6 heteroatoms. The molecule has 0 radical (unpaired) electrons. The lowest BCUT2D eigenvalue weighted by Crippen LogP contribution is -2.09. The Balaban J connectivity index is 2.83. The van der Waals surface area contributed by atoms with Gasteiger partial charge in [0.15, 0.2) is 0 Å². The zero-order valence-corrected chi connectivity index (χ0v) is 13.5. The molecule has 0 aromatic heterocycles. The van der Waals surface area contributed by atoms with Crippen LogP contribution in [-0.2, 0) is 18.2 Å². The lowest BCUT2D eigenvalue weighted by atomic mass is 10.1. The summed E-state index contributed by atoms with van der Waals surface area (Å²) in [7, 11) is -3.69. The number of nitrogens with zero attached hydrogens (tertiary/aromatic N) is 1.